The number of likely N-dealkylation sites (N-methyl/N-ethyl adjacent to an activating group) is 1. The number of nitrogens with one attached hydrogen (secondary N) is 1. The number of amides is 2. The fourth-order valence-electron chi connectivity index (χ4n) is 2.14. The molecular formula is C11H21N3O3. The van der Waals surface area contributed by atoms with E-state index in [0.717, 1.165) is 12.8 Å². The molecule has 0 aromatic heterocycles. The maximum absolute atomic E-state index is 11.6. The van der Waals surface area contributed by atoms with Crippen molar-refractivity contribution in [3.05, 3.63) is 0 Å². The van der Waals surface area contributed by atoms with Crippen LogP contribution in [-0.2, 0) is 9.59 Å². The van der Waals surface area contributed by atoms with Gasteiger partial charge >= 0.3 is 11.8 Å². The van der Waals surface area contributed by atoms with Gasteiger partial charge in [0.05, 0.1) is 5.60 Å². The highest BCUT2D eigenvalue weighted by Crippen LogP contribution is 2.29. The van der Waals surface area contributed by atoms with Crippen molar-refractivity contribution in [3.8, 4) is 0 Å². The summed E-state index contributed by atoms with van der Waals surface area (Å²) in [6, 6.07) is 0. The van der Waals surface area contributed by atoms with E-state index in [1.165, 1.54) is 11.9 Å². The van der Waals surface area contributed by atoms with E-state index < -0.39 is 17.4 Å². The van der Waals surface area contributed by atoms with Crippen molar-refractivity contribution >= 4 is 11.8 Å². The summed E-state index contributed by atoms with van der Waals surface area (Å²) in [5, 5.41) is 12.5. The van der Waals surface area contributed by atoms with Crippen LogP contribution in [-0.4, -0.2) is 54.1 Å². The molecule has 0 spiro atoms. The van der Waals surface area contributed by atoms with Crippen molar-refractivity contribution in [1.82, 2.24) is 10.2 Å². The summed E-state index contributed by atoms with van der Waals surface area (Å²) in [6.07, 6.45) is 3.32. The van der Waals surface area contributed by atoms with Crippen LogP contribution >= 0.6 is 0 Å². The SMILES string of the molecule is CN(CC1(O)CCCC1)C(=O)C(=O)NCCN. The molecule has 0 aromatic rings. The number of aliphatic hydroxyl groups is 1. The number of nitrogens with zero attached hydrogens (tertiary/aromatic N) is 1. The van der Waals surface area contributed by atoms with Gasteiger partial charge in [-0.05, 0) is 12.8 Å². The molecule has 0 heterocycles. The van der Waals surface area contributed by atoms with Crippen LogP contribution in [0.2, 0.25) is 0 Å². The molecule has 0 aromatic carbocycles. The molecule has 2 amide bonds. The second-order valence-electron chi connectivity index (χ2n) is 4.64. The third kappa shape index (κ3) is 3.98. The molecule has 1 rings (SSSR count). The van der Waals surface area contributed by atoms with E-state index in [9.17, 15) is 14.7 Å². The molecule has 0 atom stereocenters. The zero-order chi connectivity index (χ0) is 12.9. The number of nitrogens with two attached hydrogens (primary N) is 1. The number of carbonyl (C=O) groups is 2. The van der Waals surface area contributed by atoms with Gasteiger partial charge in [-0.3, -0.25) is 9.59 Å². The second kappa shape index (κ2) is 5.97. The largest absolute Gasteiger partial charge is 0.388 e. The zero-order valence-electron chi connectivity index (χ0n) is 10.2. The van der Waals surface area contributed by atoms with Crippen molar-refractivity contribution in [3.63, 3.8) is 0 Å². The second-order valence-corrected chi connectivity index (χ2v) is 4.64. The molecule has 0 unspecified atom stereocenters. The lowest BCUT2D eigenvalue weighted by atomic mass is 10.0. The summed E-state index contributed by atoms with van der Waals surface area (Å²) in [6.45, 7) is 0.789. The van der Waals surface area contributed by atoms with Crippen molar-refractivity contribution in [2.45, 2.75) is 31.3 Å². The Morgan fingerprint density at radius 1 is 1.41 bits per heavy atom. The first-order valence-corrected chi connectivity index (χ1v) is 5.94. The summed E-state index contributed by atoms with van der Waals surface area (Å²) >= 11 is 0. The maximum Gasteiger partial charge on any atom is 0.311 e. The minimum atomic E-state index is -0.821. The molecule has 0 bridgehead atoms. The van der Waals surface area contributed by atoms with Gasteiger partial charge in [0.2, 0.25) is 0 Å². The molecule has 1 fully saturated rings. The van der Waals surface area contributed by atoms with E-state index in [1.54, 1.807) is 0 Å². The van der Waals surface area contributed by atoms with E-state index in [1.807, 2.05) is 0 Å². The fraction of sp³-hybridized carbons (Fsp3) is 0.818. The van der Waals surface area contributed by atoms with Crippen molar-refractivity contribution in [2.75, 3.05) is 26.7 Å². The minimum absolute atomic E-state index is 0.210. The first-order valence-electron chi connectivity index (χ1n) is 5.94. The van der Waals surface area contributed by atoms with Crippen molar-refractivity contribution < 1.29 is 14.7 Å². The Labute approximate surface area is 101 Å². The Morgan fingerprint density at radius 3 is 2.53 bits per heavy atom. The summed E-state index contributed by atoms with van der Waals surface area (Å²) in [5.41, 5.74) is 4.41. The molecule has 4 N–H and O–H groups in total. The Bertz CT molecular complexity index is 288. The summed E-state index contributed by atoms with van der Waals surface area (Å²) in [5.74, 6) is -1.29. The van der Waals surface area contributed by atoms with Gasteiger partial charge in [0, 0.05) is 26.7 Å². The first kappa shape index (κ1) is 13.9. The molecule has 0 radical (unpaired) electrons. The average Bonchev–Trinajstić information content (AvgIpc) is 2.71. The highest BCUT2D eigenvalue weighted by Gasteiger charge is 2.34. The zero-order valence-corrected chi connectivity index (χ0v) is 10.2. The summed E-state index contributed by atoms with van der Waals surface area (Å²) in [7, 11) is 1.53. The minimum Gasteiger partial charge on any atom is -0.388 e. The smallest absolute Gasteiger partial charge is 0.311 e. The van der Waals surface area contributed by atoms with Gasteiger partial charge in [0.25, 0.3) is 0 Å². The van der Waals surface area contributed by atoms with E-state index >= 15 is 0 Å². The highest BCUT2D eigenvalue weighted by atomic mass is 16.3. The number of carbonyl (C=O) groups excluding carboxylic acids is 2. The molecule has 6 heteroatoms. The molecule has 0 saturated heterocycles. The van der Waals surface area contributed by atoms with Crippen LogP contribution in [0.5, 0.6) is 0 Å². The Morgan fingerprint density at radius 2 is 2.00 bits per heavy atom. The molecular weight excluding hydrogens is 222 g/mol. The van der Waals surface area contributed by atoms with Gasteiger partial charge in [0.1, 0.15) is 0 Å². The van der Waals surface area contributed by atoms with Gasteiger partial charge in [-0.2, -0.15) is 0 Å². The van der Waals surface area contributed by atoms with Crippen LogP contribution < -0.4 is 11.1 Å². The lowest BCUT2D eigenvalue weighted by Crippen LogP contribution is -2.48. The maximum atomic E-state index is 11.6. The van der Waals surface area contributed by atoms with Crippen LogP contribution in [0.1, 0.15) is 25.7 Å². The van der Waals surface area contributed by atoms with E-state index in [0.29, 0.717) is 19.4 Å². The molecule has 6 nitrogen and oxygen atoms in total. The van der Waals surface area contributed by atoms with Crippen LogP contribution in [0.4, 0.5) is 0 Å². The summed E-state index contributed by atoms with van der Waals surface area (Å²) < 4.78 is 0. The highest BCUT2D eigenvalue weighted by molar-refractivity contribution is 6.34. The van der Waals surface area contributed by atoms with Crippen LogP contribution in [0, 0.1) is 0 Å². The topological polar surface area (TPSA) is 95.7 Å². The van der Waals surface area contributed by atoms with E-state index in [2.05, 4.69) is 5.32 Å². The van der Waals surface area contributed by atoms with E-state index in [4.69, 9.17) is 5.73 Å². The Hall–Kier alpha value is -1.14. The first-order chi connectivity index (χ1) is 7.98. The third-order valence-corrected chi connectivity index (χ3v) is 3.04. The normalized spacial score (nSPS) is 17.8. The van der Waals surface area contributed by atoms with Gasteiger partial charge < -0.3 is 21.1 Å². The molecule has 1 aliphatic carbocycles. The lowest BCUT2D eigenvalue weighted by molar-refractivity contribution is -0.146. The van der Waals surface area contributed by atoms with E-state index in [-0.39, 0.29) is 13.1 Å². The van der Waals surface area contributed by atoms with Gasteiger partial charge in [-0.25, -0.2) is 0 Å². The average molecular weight is 243 g/mol. The van der Waals surface area contributed by atoms with Crippen LogP contribution in [0.15, 0.2) is 0 Å². The number of rotatable bonds is 4. The third-order valence-electron chi connectivity index (χ3n) is 3.04. The fourth-order valence-corrected chi connectivity index (χ4v) is 2.14. The van der Waals surface area contributed by atoms with Gasteiger partial charge in [-0.1, -0.05) is 12.8 Å². The molecule has 0 aliphatic heterocycles. The number of hydrogen-bond donors (Lipinski definition) is 3. The van der Waals surface area contributed by atoms with Crippen LogP contribution in [0.3, 0.4) is 0 Å². The lowest BCUT2D eigenvalue weighted by Gasteiger charge is -2.28. The quantitative estimate of drug-likeness (QED) is 0.542. The number of hydrogen-bond acceptors (Lipinski definition) is 4. The van der Waals surface area contributed by atoms with Gasteiger partial charge in [0.15, 0.2) is 0 Å². The predicted molar refractivity (Wildman–Crippen MR) is 63.1 cm³/mol. The van der Waals surface area contributed by atoms with Gasteiger partial charge in [-0.15, -0.1) is 0 Å². The standard InChI is InChI=1S/C11H21N3O3/c1-14(8-11(17)4-2-3-5-11)10(16)9(15)13-7-6-12/h17H,2-8,12H2,1H3,(H,13,15). The van der Waals surface area contributed by atoms with Crippen molar-refractivity contribution in [2.24, 2.45) is 5.73 Å². The Kier molecular flexibility index (Phi) is 4.89. The summed E-state index contributed by atoms with van der Waals surface area (Å²) in [4.78, 5) is 24.3. The van der Waals surface area contributed by atoms with Crippen molar-refractivity contribution in [1.29, 1.82) is 0 Å². The molecule has 1 aliphatic rings. The molecule has 1 saturated carbocycles. The monoisotopic (exact) mass is 243 g/mol. The molecule has 17 heavy (non-hydrogen) atoms. The predicted octanol–water partition coefficient (Wildman–Crippen LogP) is -1.18. The van der Waals surface area contributed by atoms with Crippen LogP contribution in [0.25, 0.3) is 0 Å². The molecule has 98 valence electrons. The Balaban J connectivity index is 2.43.